The van der Waals surface area contributed by atoms with E-state index < -0.39 is 11.7 Å². The van der Waals surface area contributed by atoms with Gasteiger partial charge < -0.3 is 15.1 Å². The van der Waals surface area contributed by atoms with Crippen LogP contribution in [0.5, 0.6) is 0 Å². The highest BCUT2D eigenvalue weighted by molar-refractivity contribution is 6.42. The summed E-state index contributed by atoms with van der Waals surface area (Å²) in [5.41, 5.74) is 0.133. The summed E-state index contributed by atoms with van der Waals surface area (Å²) in [4.78, 5) is 32.5. The van der Waals surface area contributed by atoms with Crippen molar-refractivity contribution in [3.8, 4) is 0 Å². The number of amides is 2. The van der Waals surface area contributed by atoms with Crippen molar-refractivity contribution >= 4 is 40.8 Å². The van der Waals surface area contributed by atoms with Crippen molar-refractivity contribution in [1.82, 2.24) is 14.8 Å². The quantitative estimate of drug-likeness (QED) is 0.555. The molecule has 2 saturated heterocycles. The predicted octanol–water partition coefficient (Wildman–Crippen LogP) is 5.32. The Kier molecular flexibility index (Phi) is 7.99. The van der Waals surface area contributed by atoms with Gasteiger partial charge >= 0.3 is 6.18 Å². The van der Waals surface area contributed by atoms with E-state index >= 15 is 0 Å². The Morgan fingerprint density at radius 3 is 2.36 bits per heavy atom. The molecular weight excluding hydrogens is 516 g/mol. The first-order chi connectivity index (χ1) is 17.0. The Hall–Kier alpha value is -2.52. The second-order valence-electron chi connectivity index (χ2n) is 9.37. The summed E-state index contributed by atoms with van der Waals surface area (Å²) in [6, 6.07) is 7.71. The van der Waals surface area contributed by atoms with Crippen LogP contribution >= 0.6 is 23.2 Å². The summed E-state index contributed by atoms with van der Waals surface area (Å²) in [6.07, 6.45) is -2.39. The van der Waals surface area contributed by atoms with Gasteiger partial charge in [-0.15, -0.1) is 0 Å². The van der Waals surface area contributed by atoms with E-state index in [4.69, 9.17) is 23.2 Å². The number of piperidine rings is 1. The molecule has 194 valence electrons. The van der Waals surface area contributed by atoms with E-state index in [0.29, 0.717) is 61.4 Å². The minimum absolute atomic E-state index is 0.0183. The second kappa shape index (κ2) is 10.8. The summed E-state index contributed by atoms with van der Waals surface area (Å²) in [6.45, 7) is 4.07. The Balaban J connectivity index is 1.47. The zero-order valence-corrected chi connectivity index (χ0v) is 21.2. The van der Waals surface area contributed by atoms with Crippen molar-refractivity contribution in [3.63, 3.8) is 0 Å². The lowest BCUT2D eigenvalue weighted by molar-refractivity contribution is -0.139. The van der Waals surface area contributed by atoms with Gasteiger partial charge in [0.15, 0.2) is 0 Å². The molecule has 2 aromatic rings. The van der Waals surface area contributed by atoms with Crippen LogP contribution in [0.4, 0.5) is 19.0 Å². The zero-order valence-electron chi connectivity index (χ0n) is 19.7. The van der Waals surface area contributed by atoms with E-state index in [0.717, 1.165) is 17.8 Å². The summed E-state index contributed by atoms with van der Waals surface area (Å²) in [5.74, 6) is 0.217. The number of likely N-dealkylation sites (tertiary alicyclic amines) is 2. The van der Waals surface area contributed by atoms with Gasteiger partial charge in [-0.1, -0.05) is 29.3 Å². The van der Waals surface area contributed by atoms with Crippen LogP contribution in [0.1, 0.15) is 36.8 Å². The molecule has 1 N–H and O–H groups in total. The smallest absolute Gasteiger partial charge is 0.370 e. The van der Waals surface area contributed by atoms with Crippen LogP contribution in [0.15, 0.2) is 36.5 Å². The third-order valence-corrected chi connectivity index (χ3v) is 7.79. The highest BCUT2D eigenvalue weighted by atomic mass is 35.5. The molecule has 1 aromatic carbocycles. The number of rotatable bonds is 5. The molecule has 11 heteroatoms. The molecule has 2 aliphatic rings. The number of nitrogens with zero attached hydrogens (tertiary/aromatic N) is 3. The summed E-state index contributed by atoms with van der Waals surface area (Å²) in [7, 11) is 0. The fourth-order valence-electron chi connectivity index (χ4n) is 4.98. The number of benzene rings is 1. The number of carbonyl (C=O) groups is 2. The summed E-state index contributed by atoms with van der Waals surface area (Å²) >= 11 is 12.4. The Bertz CT molecular complexity index is 1110. The van der Waals surface area contributed by atoms with Crippen molar-refractivity contribution in [2.24, 2.45) is 11.8 Å². The molecule has 0 radical (unpaired) electrons. The molecule has 0 spiro atoms. The minimum Gasteiger partial charge on any atom is -0.370 e. The van der Waals surface area contributed by atoms with Crippen LogP contribution < -0.4 is 5.32 Å². The van der Waals surface area contributed by atoms with Crippen LogP contribution in [0.25, 0.3) is 0 Å². The molecule has 2 fully saturated rings. The lowest BCUT2D eigenvalue weighted by Crippen LogP contribution is -2.43. The molecule has 0 saturated carbocycles. The van der Waals surface area contributed by atoms with E-state index in [2.05, 4.69) is 10.3 Å². The van der Waals surface area contributed by atoms with Crippen molar-refractivity contribution < 1.29 is 22.8 Å². The normalized spacial score (nSPS) is 21.1. The first-order valence-electron chi connectivity index (χ1n) is 11.8. The predicted molar refractivity (Wildman–Crippen MR) is 132 cm³/mol. The van der Waals surface area contributed by atoms with Gasteiger partial charge in [0, 0.05) is 63.6 Å². The Morgan fingerprint density at radius 2 is 1.78 bits per heavy atom. The fourth-order valence-corrected chi connectivity index (χ4v) is 5.29. The number of nitrogens with one attached hydrogen (secondary N) is 1. The number of anilines is 1. The minimum atomic E-state index is -4.45. The maximum Gasteiger partial charge on any atom is 0.417 e. The second-order valence-corrected chi connectivity index (χ2v) is 10.2. The van der Waals surface area contributed by atoms with Gasteiger partial charge in [-0.25, -0.2) is 4.98 Å². The third kappa shape index (κ3) is 6.06. The number of carbonyl (C=O) groups excluding carboxylic acids is 2. The number of pyridine rings is 1. The van der Waals surface area contributed by atoms with Crippen LogP contribution in [0, 0.1) is 11.8 Å². The molecule has 2 amide bonds. The summed E-state index contributed by atoms with van der Waals surface area (Å²) in [5, 5.41) is 3.99. The maximum atomic E-state index is 13.4. The molecule has 2 atom stereocenters. The number of alkyl halides is 3. The molecule has 0 aliphatic carbocycles. The first-order valence-corrected chi connectivity index (χ1v) is 12.5. The SMILES string of the molecule is CC(=O)N1CCC(C(=O)N2CC(CNc3ccc(C(F)(F)F)cn3)[C@@H](c3ccc(Cl)c(Cl)c3)C2)CC1. The molecule has 0 bridgehead atoms. The standard InChI is InChI=1S/C25H27Cl2F3N4O2/c1-15(35)33-8-6-16(7-9-33)24(36)34-13-18(20(14-34)17-2-4-21(26)22(27)10-17)11-31-23-5-3-19(12-32-23)25(28,29)30/h2-5,10,12,16,18,20H,6-9,11,13-14H2,1H3,(H,31,32)/t18?,20-/m1/s1. The van der Waals surface area contributed by atoms with Crippen LogP contribution in [-0.2, 0) is 15.8 Å². The Labute approximate surface area is 217 Å². The van der Waals surface area contributed by atoms with Gasteiger partial charge in [0.2, 0.25) is 11.8 Å². The van der Waals surface area contributed by atoms with E-state index in [9.17, 15) is 22.8 Å². The lowest BCUT2D eigenvalue weighted by Gasteiger charge is -2.32. The van der Waals surface area contributed by atoms with E-state index in [1.165, 1.54) is 13.0 Å². The molecule has 1 aromatic heterocycles. The van der Waals surface area contributed by atoms with Gasteiger partial charge in [0.25, 0.3) is 0 Å². The van der Waals surface area contributed by atoms with Gasteiger partial charge in [-0.2, -0.15) is 13.2 Å². The van der Waals surface area contributed by atoms with Gasteiger partial charge in [0.05, 0.1) is 15.6 Å². The van der Waals surface area contributed by atoms with E-state index in [1.54, 1.807) is 17.0 Å². The molecule has 2 aliphatic heterocycles. The van der Waals surface area contributed by atoms with Crippen LogP contribution in [0.2, 0.25) is 10.0 Å². The first kappa shape index (κ1) is 26.5. The molecule has 36 heavy (non-hydrogen) atoms. The van der Waals surface area contributed by atoms with Gasteiger partial charge in [0.1, 0.15) is 5.82 Å². The molecule has 4 rings (SSSR count). The van der Waals surface area contributed by atoms with Crippen molar-refractivity contribution in [2.75, 3.05) is 38.0 Å². The molecule has 3 heterocycles. The zero-order chi connectivity index (χ0) is 26.0. The topological polar surface area (TPSA) is 65.5 Å². The van der Waals surface area contributed by atoms with Gasteiger partial charge in [-0.3, -0.25) is 9.59 Å². The van der Waals surface area contributed by atoms with E-state index in [-0.39, 0.29) is 29.6 Å². The number of hydrogen-bond acceptors (Lipinski definition) is 4. The summed E-state index contributed by atoms with van der Waals surface area (Å²) < 4.78 is 38.5. The average Bonchev–Trinajstić information content (AvgIpc) is 3.28. The Morgan fingerprint density at radius 1 is 1.06 bits per heavy atom. The molecular formula is C25H27Cl2F3N4O2. The molecule has 6 nitrogen and oxygen atoms in total. The number of hydrogen-bond donors (Lipinski definition) is 1. The highest BCUT2D eigenvalue weighted by Crippen LogP contribution is 2.37. The van der Waals surface area contributed by atoms with Gasteiger partial charge in [-0.05, 0) is 42.7 Å². The van der Waals surface area contributed by atoms with Crippen molar-refractivity contribution in [1.29, 1.82) is 0 Å². The molecule has 1 unspecified atom stereocenters. The van der Waals surface area contributed by atoms with Crippen molar-refractivity contribution in [3.05, 3.63) is 57.7 Å². The number of aromatic nitrogens is 1. The van der Waals surface area contributed by atoms with Crippen LogP contribution in [0.3, 0.4) is 0 Å². The number of halogens is 5. The van der Waals surface area contributed by atoms with Crippen molar-refractivity contribution in [2.45, 2.75) is 31.9 Å². The fraction of sp³-hybridized carbons (Fsp3) is 0.480. The van der Waals surface area contributed by atoms with E-state index in [1.807, 2.05) is 11.0 Å². The maximum absolute atomic E-state index is 13.4. The van der Waals surface area contributed by atoms with Crippen LogP contribution in [-0.4, -0.2) is 59.3 Å². The monoisotopic (exact) mass is 542 g/mol. The average molecular weight is 543 g/mol. The third-order valence-electron chi connectivity index (χ3n) is 7.05. The lowest BCUT2D eigenvalue weighted by atomic mass is 9.89. The largest absolute Gasteiger partial charge is 0.417 e. The highest BCUT2D eigenvalue weighted by Gasteiger charge is 2.39.